The normalized spacial score (nSPS) is 17.7. The fourth-order valence-corrected chi connectivity index (χ4v) is 3.90. The Hall–Kier alpha value is -1.07. The van der Waals surface area contributed by atoms with Crippen molar-refractivity contribution in [1.82, 2.24) is 15.5 Å². The summed E-state index contributed by atoms with van der Waals surface area (Å²) < 4.78 is 5.46. The van der Waals surface area contributed by atoms with Crippen molar-refractivity contribution in [1.29, 1.82) is 0 Å². The average Bonchev–Trinajstić information content (AvgIpc) is 3.19. The summed E-state index contributed by atoms with van der Waals surface area (Å²) in [5.41, 5.74) is -1.44. The Labute approximate surface area is 201 Å². The van der Waals surface area contributed by atoms with Crippen LogP contribution in [0.4, 0.5) is 4.79 Å². The van der Waals surface area contributed by atoms with E-state index in [0.717, 1.165) is 30.8 Å². The van der Waals surface area contributed by atoms with Crippen molar-refractivity contribution >= 4 is 47.4 Å². The minimum atomic E-state index is -0.977. The van der Waals surface area contributed by atoms with Gasteiger partial charge in [0.05, 0.1) is 6.54 Å². The van der Waals surface area contributed by atoms with Gasteiger partial charge in [0.15, 0.2) is 5.96 Å². The Morgan fingerprint density at radius 2 is 1.97 bits per heavy atom. The lowest BCUT2D eigenvalue weighted by molar-refractivity contribution is 0.0185. The van der Waals surface area contributed by atoms with Crippen LogP contribution >= 0.6 is 35.3 Å². The Balaban J connectivity index is 0.00000450. The van der Waals surface area contributed by atoms with E-state index < -0.39 is 11.2 Å². The molecule has 0 saturated carbocycles. The standard InChI is InChI=1S/C21H36N4O3S.HI/c1-6-22-18(24-15-21(5,27)17-8-7-13-29-17)23-14-16-9-11-25(12-10-16)19(26)28-20(2,3)4;/h7-8,13,16,27H,6,9-12,14-15H2,1-5H3,(H2,22,23,24);1H. The van der Waals surface area contributed by atoms with E-state index in [1.165, 1.54) is 11.3 Å². The van der Waals surface area contributed by atoms with Gasteiger partial charge in [-0.05, 0) is 64.8 Å². The molecule has 1 atom stereocenters. The van der Waals surface area contributed by atoms with Gasteiger partial charge in [-0.15, -0.1) is 35.3 Å². The topological polar surface area (TPSA) is 86.2 Å². The molecule has 1 amide bonds. The minimum absolute atomic E-state index is 0. The number of likely N-dealkylation sites (tertiary alicyclic amines) is 1. The number of amides is 1. The highest BCUT2D eigenvalue weighted by Crippen LogP contribution is 2.25. The third kappa shape index (κ3) is 8.97. The van der Waals surface area contributed by atoms with Crippen LogP contribution in [0.25, 0.3) is 0 Å². The number of aliphatic imine (C=N–C) groups is 1. The summed E-state index contributed by atoms with van der Waals surface area (Å²) in [5, 5.41) is 19.3. The van der Waals surface area contributed by atoms with E-state index >= 15 is 0 Å². The van der Waals surface area contributed by atoms with Gasteiger partial charge in [-0.2, -0.15) is 0 Å². The van der Waals surface area contributed by atoms with Gasteiger partial charge in [-0.1, -0.05) is 6.07 Å². The molecule has 2 rings (SSSR count). The number of hydrogen-bond donors (Lipinski definition) is 3. The molecule has 7 nitrogen and oxygen atoms in total. The van der Waals surface area contributed by atoms with Crippen LogP contribution in [-0.4, -0.2) is 60.4 Å². The smallest absolute Gasteiger partial charge is 0.410 e. The van der Waals surface area contributed by atoms with Gasteiger partial charge in [0.1, 0.15) is 11.2 Å². The van der Waals surface area contributed by atoms with Gasteiger partial charge < -0.3 is 25.4 Å². The Morgan fingerprint density at radius 3 is 2.50 bits per heavy atom. The summed E-state index contributed by atoms with van der Waals surface area (Å²) in [6, 6.07) is 3.87. The predicted octanol–water partition coefficient (Wildman–Crippen LogP) is 3.78. The average molecular weight is 553 g/mol. The molecule has 172 valence electrons. The highest BCUT2D eigenvalue weighted by molar-refractivity contribution is 14.0. The van der Waals surface area contributed by atoms with Crippen molar-refractivity contribution < 1.29 is 14.6 Å². The molecule has 9 heteroatoms. The zero-order chi connectivity index (χ0) is 21.5. The molecule has 1 aromatic rings. The summed E-state index contributed by atoms with van der Waals surface area (Å²) >= 11 is 1.53. The van der Waals surface area contributed by atoms with Crippen molar-refractivity contribution in [2.75, 3.05) is 32.7 Å². The first-order valence-electron chi connectivity index (χ1n) is 10.4. The highest BCUT2D eigenvalue weighted by atomic mass is 127. The van der Waals surface area contributed by atoms with Crippen molar-refractivity contribution in [2.24, 2.45) is 10.9 Å². The van der Waals surface area contributed by atoms with Crippen LogP contribution < -0.4 is 10.6 Å². The lowest BCUT2D eigenvalue weighted by Gasteiger charge is -2.33. The number of guanidine groups is 1. The van der Waals surface area contributed by atoms with E-state index in [4.69, 9.17) is 4.74 Å². The number of halogens is 1. The molecule has 0 aromatic carbocycles. The highest BCUT2D eigenvalue weighted by Gasteiger charge is 2.27. The monoisotopic (exact) mass is 552 g/mol. The van der Waals surface area contributed by atoms with Gasteiger partial charge in [-0.25, -0.2) is 9.79 Å². The number of piperidine rings is 1. The van der Waals surface area contributed by atoms with Crippen molar-refractivity contribution in [2.45, 2.75) is 58.7 Å². The second-order valence-electron chi connectivity index (χ2n) is 8.74. The molecule has 2 heterocycles. The van der Waals surface area contributed by atoms with E-state index in [-0.39, 0.29) is 30.1 Å². The molecule has 1 aliphatic heterocycles. The van der Waals surface area contributed by atoms with E-state index in [0.29, 0.717) is 31.5 Å². The summed E-state index contributed by atoms with van der Waals surface area (Å²) in [6.45, 7) is 12.7. The van der Waals surface area contributed by atoms with Crippen LogP contribution in [0.1, 0.15) is 52.3 Å². The van der Waals surface area contributed by atoms with E-state index in [2.05, 4.69) is 15.6 Å². The van der Waals surface area contributed by atoms with Crippen LogP contribution in [0.15, 0.2) is 22.5 Å². The molecule has 0 bridgehead atoms. The number of hydrogen-bond acceptors (Lipinski definition) is 5. The van der Waals surface area contributed by atoms with Gasteiger partial charge in [0, 0.05) is 31.1 Å². The number of carbonyl (C=O) groups excluding carboxylic acids is 1. The maximum atomic E-state index is 12.2. The predicted molar refractivity (Wildman–Crippen MR) is 134 cm³/mol. The second-order valence-corrected chi connectivity index (χ2v) is 9.69. The van der Waals surface area contributed by atoms with Gasteiger partial charge >= 0.3 is 6.09 Å². The molecule has 0 radical (unpaired) electrons. The molecule has 30 heavy (non-hydrogen) atoms. The molecule has 0 spiro atoms. The van der Waals surface area contributed by atoms with E-state index in [1.54, 1.807) is 11.8 Å². The molecule has 1 fully saturated rings. The summed E-state index contributed by atoms with van der Waals surface area (Å²) in [4.78, 5) is 19.5. The van der Waals surface area contributed by atoms with Crippen molar-refractivity contribution in [3.8, 4) is 0 Å². The van der Waals surface area contributed by atoms with Crippen LogP contribution in [-0.2, 0) is 10.3 Å². The number of nitrogens with one attached hydrogen (secondary N) is 2. The fraction of sp³-hybridized carbons (Fsp3) is 0.714. The fourth-order valence-electron chi connectivity index (χ4n) is 3.12. The van der Waals surface area contributed by atoms with E-state index in [9.17, 15) is 9.90 Å². The van der Waals surface area contributed by atoms with Gasteiger partial charge in [0.25, 0.3) is 0 Å². The number of rotatable bonds is 6. The Bertz CT molecular complexity index is 666. The van der Waals surface area contributed by atoms with Crippen LogP contribution in [0, 0.1) is 5.92 Å². The number of carbonyl (C=O) groups is 1. The molecule has 1 unspecified atom stereocenters. The van der Waals surface area contributed by atoms with Crippen molar-refractivity contribution in [3.05, 3.63) is 22.4 Å². The summed E-state index contributed by atoms with van der Waals surface area (Å²) in [7, 11) is 0. The third-order valence-corrected chi connectivity index (χ3v) is 5.89. The Kier molecular flexibility index (Phi) is 10.9. The Morgan fingerprint density at radius 1 is 1.30 bits per heavy atom. The maximum Gasteiger partial charge on any atom is 0.410 e. The van der Waals surface area contributed by atoms with Crippen molar-refractivity contribution in [3.63, 3.8) is 0 Å². The molecule has 3 N–H and O–H groups in total. The molecular weight excluding hydrogens is 515 g/mol. The second kappa shape index (κ2) is 12.1. The zero-order valence-corrected chi connectivity index (χ0v) is 21.9. The lowest BCUT2D eigenvalue weighted by Crippen LogP contribution is -2.45. The van der Waals surface area contributed by atoms with Crippen LogP contribution in [0.3, 0.4) is 0 Å². The number of nitrogens with zero attached hydrogens (tertiary/aromatic N) is 2. The summed E-state index contributed by atoms with van der Waals surface area (Å²) in [6.07, 6.45) is 1.63. The molecule has 1 aliphatic rings. The van der Waals surface area contributed by atoms with Crippen LogP contribution in [0.2, 0.25) is 0 Å². The summed E-state index contributed by atoms with van der Waals surface area (Å²) in [5.74, 6) is 1.18. The lowest BCUT2D eigenvalue weighted by atomic mass is 9.97. The number of aliphatic hydroxyl groups is 1. The van der Waals surface area contributed by atoms with Crippen LogP contribution in [0.5, 0.6) is 0 Å². The first-order chi connectivity index (χ1) is 13.6. The third-order valence-electron chi connectivity index (χ3n) is 4.77. The zero-order valence-electron chi connectivity index (χ0n) is 18.7. The number of thiophene rings is 1. The molecule has 1 saturated heterocycles. The van der Waals surface area contributed by atoms with E-state index in [1.807, 2.05) is 45.2 Å². The quantitative estimate of drug-likeness (QED) is 0.284. The molecule has 0 aliphatic carbocycles. The first kappa shape index (κ1) is 27.0. The largest absolute Gasteiger partial charge is 0.444 e. The number of ether oxygens (including phenoxy) is 1. The van der Waals surface area contributed by atoms with Gasteiger partial charge in [0.2, 0.25) is 0 Å². The SMILES string of the molecule is CCNC(=NCC(C)(O)c1cccs1)NCC1CCN(C(=O)OC(C)(C)C)CC1.I. The minimum Gasteiger partial charge on any atom is -0.444 e. The molecular formula is C21H37IN4O3S. The first-order valence-corrected chi connectivity index (χ1v) is 11.2. The maximum absolute atomic E-state index is 12.2. The molecule has 1 aromatic heterocycles. The van der Waals surface area contributed by atoms with Gasteiger partial charge in [-0.3, -0.25) is 0 Å².